The van der Waals surface area contributed by atoms with Gasteiger partial charge in [0.1, 0.15) is 0 Å². The maximum absolute atomic E-state index is 12.7. The number of carbonyl (C=O) groups is 1. The molecule has 5 nitrogen and oxygen atoms in total. The fourth-order valence-electron chi connectivity index (χ4n) is 2.79. The highest BCUT2D eigenvalue weighted by Crippen LogP contribution is 2.25. The fourth-order valence-corrected chi connectivity index (χ4v) is 5.35. The van der Waals surface area contributed by atoms with Gasteiger partial charge >= 0.3 is 0 Å². The molecule has 1 amide bonds. The normalized spacial score (nSPS) is 12.7. The van der Waals surface area contributed by atoms with E-state index in [9.17, 15) is 13.2 Å². The number of hydrogen-bond donors (Lipinski definition) is 0. The van der Waals surface area contributed by atoms with Gasteiger partial charge in [0.2, 0.25) is 0 Å². The van der Waals surface area contributed by atoms with Crippen LogP contribution in [0.25, 0.3) is 10.2 Å². The lowest BCUT2D eigenvalue weighted by Crippen LogP contribution is -2.16. The number of sulfone groups is 1. The lowest BCUT2D eigenvalue weighted by atomic mass is 10.2. The van der Waals surface area contributed by atoms with Crippen molar-refractivity contribution in [3.8, 4) is 0 Å². The molecule has 26 heavy (non-hydrogen) atoms. The number of thiazole rings is 1. The highest BCUT2D eigenvalue weighted by Gasteiger charge is 2.20. The molecule has 1 heterocycles. The second kappa shape index (κ2) is 6.98. The monoisotopic (exact) mass is 408 g/mol. The number of hydrogen-bond acceptors (Lipinski definition) is 4. The lowest BCUT2D eigenvalue weighted by molar-refractivity contribution is 0.0995. The average Bonchev–Trinajstić information content (AvgIpc) is 2.90. The van der Waals surface area contributed by atoms with Crippen LogP contribution in [0.2, 0.25) is 5.02 Å². The van der Waals surface area contributed by atoms with E-state index in [0.29, 0.717) is 9.82 Å². The van der Waals surface area contributed by atoms with Gasteiger partial charge < -0.3 is 4.57 Å². The smallest absolute Gasteiger partial charge is 0.280 e. The van der Waals surface area contributed by atoms with Crippen LogP contribution in [-0.2, 0) is 16.9 Å². The van der Waals surface area contributed by atoms with Crippen LogP contribution in [0.3, 0.4) is 0 Å². The Kier molecular flexibility index (Phi) is 5.05. The van der Waals surface area contributed by atoms with Crippen molar-refractivity contribution in [1.82, 2.24) is 4.57 Å². The van der Waals surface area contributed by atoms with Crippen molar-refractivity contribution in [2.24, 2.45) is 12.0 Å². The van der Waals surface area contributed by atoms with Gasteiger partial charge in [0.25, 0.3) is 5.91 Å². The molecule has 3 aromatic rings. The molecule has 0 fully saturated rings. The van der Waals surface area contributed by atoms with Crippen LogP contribution >= 0.6 is 22.9 Å². The molecule has 0 aliphatic rings. The number of aromatic nitrogens is 1. The molecule has 0 spiro atoms. The molecule has 1 aromatic heterocycles. The fraction of sp³-hybridized carbons (Fsp3) is 0.222. The summed E-state index contributed by atoms with van der Waals surface area (Å²) in [4.78, 5) is 17.4. The number of amides is 1. The zero-order valence-corrected chi connectivity index (χ0v) is 16.9. The van der Waals surface area contributed by atoms with Gasteiger partial charge in [-0.3, -0.25) is 4.79 Å². The minimum Gasteiger partial charge on any atom is -0.319 e. The number of nitrogens with zero attached hydrogens (tertiary/aromatic N) is 2. The van der Waals surface area contributed by atoms with E-state index in [4.69, 9.17) is 11.6 Å². The SMILES string of the molecule is CCS(=O)(=O)c1ccccc1C(=O)N=c1sc2cc(Cl)cc(C)c2n1C. The number of aryl methyl sites for hydroxylation is 2. The molecule has 0 saturated heterocycles. The van der Waals surface area contributed by atoms with Crippen LogP contribution in [0.1, 0.15) is 22.8 Å². The first kappa shape index (κ1) is 18.8. The van der Waals surface area contributed by atoms with Crippen molar-refractivity contribution in [2.75, 3.05) is 5.75 Å². The summed E-state index contributed by atoms with van der Waals surface area (Å²) in [5, 5.41) is 0.620. The second-order valence-corrected chi connectivity index (χ2v) is 9.52. The Morgan fingerprint density at radius 3 is 2.65 bits per heavy atom. The number of rotatable bonds is 3. The molecule has 136 valence electrons. The molecule has 0 unspecified atom stereocenters. The van der Waals surface area contributed by atoms with Crippen LogP contribution in [0.5, 0.6) is 0 Å². The molecule has 3 rings (SSSR count). The van der Waals surface area contributed by atoms with Crippen LogP contribution in [0, 0.1) is 6.92 Å². The van der Waals surface area contributed by atoms with Gasteiger partial charge in [-0.25, -0.2) is 8.42 Å². The first-order valence-corrected chi connectivity index (χ1v) is 10.8. The van der Waals surface area contributed by atoms with E-state index < -0.39 is 15.7 Å². The average molecular weight is 409 g/mol. The second-order valence-electron chi connectivity index (χ2n) is 5.83. The van der Waals surface area contributed by atoms with Crippen molar-refractivity contribution in [3.63, 3.8) is 0 Å². The maximum atomic E-state index is 12.7. The third-order valence-electron chi connectivity index (χ3n) is 4.08. The number of carbonyl (C=O) groups excluding carboxylic acids is 1. The van der Waals surface area contributed by atoms with Crippen molar-refractivity contribution in [2.45, 2.75) is 18.7 Å². The van der Waals surface area contributed by atoms with E-state index in [-0.39, 0.29) is 16.2 Å². The maximum Gasteiger partial charge on any atom is 0.280 e. The van der Waals surface area contributed by atoms with Crippen molar-refractivity contribution >= 4 is 48.9 Å². The van der Waals surface area contributed by atoms with Gasteiger partial charge in [-0.15, -0.1) is 0 Å². The number of benzene rings is 2. The van der Waals surface area contributed by atoms with Crippen molar-refractivity contribution in [1.29, 1.82) is 0 Å². The Morgan fingerprint density at radius 2 is 1.96 bits per heavy atom. The zero-order valence-electron chi connectivity index (χ0n) is 14.5. The lowest BCUT2D eigenvalue weighted by Gasteiger charge is -2.05. The number of fused-ring (bicyclic) bond motifs is 1. The molecule has 0 radical (unpaired) electrons. The molecule has 0 atom stereocenters. The summed E-state index contributed by atoms with van der Waals surface area (Å²) in [6, 6.07) is 9.84. The predicted molar refractivity (Wildman–Crippen MR) is 105 cm³/mol. The van der Waals surface area contributed by atoms with Crippen molar-refractivity contribution < 1.29 is 13.2 Å². The van der Waals surface area contributed by atoms with E-state index in [1.54, 1.807) is 19.1 Å². The standard InChI is InChI=1S/C18H17ClN2O3S2/c1-4-26(23,24)15-8-6-5-7-13(15)17(22)20-18-21(3)16-11(2)9-12(19)10-14(16)25-18/h5-10H,4H2,1-3H3. The summed E-state index contributed by atoms with van der Waals surface area (Å²) < 4.78 is 27.3. The molecule has 0 bridgehead atoms. The zero-order chi connectivity index (χ0) is 19.1. The molecule has 8 heteroatoms. The molecule has 0 aliphatic heterocycles. The molecule has 0 N–H and O–H groups in total. The summed E-state index contributed by atoms with van der Waals surface area (Å²) in [5.41, 5.74) is 2.01. The molecule has 0 aliphatic carbocycles. The molecular formula is C18H17ClN2O3S2. The molecular weight excluding hydrogens is 392 g/mol. The van der Waals surface area contributed by atoms with Gasteiger partial charge in [0.15, 0.2) is 14.6 Å². The van der Waals surface area contributed by atoms with Gasteiger partial charge in [-0.1, -0.05) is 42.0 Å². The third-order valence-corrected chi connectivity index (χ3v) is 7.17. The van der Waals surface area contributed by atoms with Crippen molar-refractivity contribution in [3.05, 3.63) is 57.3 Å². The summed E-state index contributed by atoms with van der Waals surface area (Å²) in [7, 11) is -1.69. The van der Waals surface area contributed by atoms with Gasteiger partial charge in [0, 0.05) is 12.1 Å². The van der Waals surface area contributed by atoms with E-state index in [1.165, 1.54) is 23.5 Å². The Balaban J connectivity index is 2.19. The summed E-state index contributed by atoms with van der Waals surface area (Å²) in [5.74, 6) is -0.658. The highest BCUT2D eigenvalue weighted by atomic mass is 35.5. The van der Waals surface area contributed by atoms with Gasteiger partial charge in [-0.2, -0.15) is 4.99 Å². The quantitative estimate of drug-likeness (QED) is 0.663. The number of halogens is 1. The third kappa shape index (κ3) is 3.34. The molecule has 0 saturated carbocycles. The van der Waals surface area contributed by atoms with Crippen LogP contribution < -0.4 is 4.80 Å². The van der Waals surface area contributed by atoms with E-state index >= 15 is 0 Å². The first-order valence-electron chi connectivity index (χ1n) is 7.91. The van der Waals surface area contributed by atoms with E-state index in [0.717, 1.165) is 15.8 Å². The summed E-state index contributed by atoms with van der Waals surface area (Å²) in [6.45, 7) is 3.49. The van der Waals surface area contributed by atoms with Crippen LogP contribution in [0.15, 0.2) is 46.3 Å². The Bertz CT molecular complexity index is 1190. The Hall–Kier alpha value is -1.96. The first-order chi connectivity index (χ1) is 12.2. The Labute approximate surface area is 160 Å². The topological polar surface area (TPSA) is 68.5 Å². The molecule has 2 aromatic carbocycles. The van der Waals surface area contributed by atoms with E-state index in [1.807, 2.05) is 30.7 Å². The Morgan fingerprint density at radius 1 is 1.27 bits per heavy atom. The van der Waals surface area contributed by atoms with Crippen LogP contribution in [0.4, 0.5) is 0 Å². The van der Waals surface area contributed by atoms with Gasteiger partial charge in [-0.05, 0) is 36.8 Å². The summed E-state index contributed by atoms with van der Waals surface area (Å²) in [6.07, 6.45) is 0. The predicted octanol–water partition coefficient (Wildman–Crippen LogP) is 3.74. The highest BCUT2D eigenvalue weighted by molar-refractivity contribution is 7.91. The van der Waals surface area contributed by atoms with Crippen LogP contribution in [-0.4, -0.2) is 24.6 Å². The van der Waals surface area contributed by atoms with E-state index in [2.05, 4.69) is 4.99 Å². The minimum atomic E-state index is -3.51. The minimum absolute atomic E-state index is 0.0132. The largest absolute Gasteiger partial charge is 0.319 e. The van der Waals surface area contributed by atoms with Gasteiger partial charge in [0.05, 0.1) is 26.4 Å². The summed E-state index contributed by atoms with van der Waals surface area (Å²) >= 11 is 7.44.